The van der Waals surface area contributed by atoms with Crippen LogP contribution in [0.4, 0.5) is 0 Å². The Balaban J connectivity index is 1.29. The lowest BCUT2D eigenvalue weighted by molar-refractivity contribution is 0.0553. The Morgan fingerprint density at radius 3 is 2.44 bits per heavy atom. The van der Waals surface area contributed by atoms with Gasteiger partial charge in [-0.15, -0.1) is 0 Å². The predicted molar refractivity (Wildman–Crippen MR) is 172 cm³/mol. The molecule has 0 aromatic heterocycles. The highest BCUT2D eigenvalue weighted by atomic mass is 16.5. The summed E-state index contributed by atoms with van der Waals surface area (Å²) < 4.78 is 12.4. The minimum Gasteiger partial charge on any atom is -0.493 e. The standard InChI is InChI=1S/C36H46N4O3/c1-23-17-30(42-16-15-35(5,6)41)18-24(2)34(23)31-10-8-9-27(26(31)4)22-43-29-11-12-32-28(20-29)21-36(13-14-36)33(32)19-25(3)40(7)39-38-37/h8-12,17-18,20,33,41H,3,13-16,19,21-22H2,1-2,4-7H3,(H2,37,39). The van der Waals surface area contributed by atoms with Crippen molar-refractivity contribution >= 4 is 0 Å². The molecule has 7 heteroatoms. The van der Waals surface area contributed by atoms with E-state index in [0.717, 1.165) is 30.0 Å². The number of nitrogens with two attached hydrogens (primary N) is 1. The van der Waals surface area contributed by atoms with Crippen LogP contribution < -0.4 is 15.3 Å². The molecule has 228 valence electrons. The molecular weight excluding hydrogens is 536 g/mol. The van der Waals surface area contributed by atoms with Gasteiger partial charge in [0, 0.05) is 19.2 Å². The Morgan fingerprint density at radius 2 is 1.79 bits per heavy atom. The maximum atomic E-state index is 10.0. The van der Waals surface area contributed by atoms with E-state index in [1.807, 2.05) is 7.05 Å². The number of aryl methyl sites for hydroxylation is 2. The average Bonchev–Trinajstić information content (AvgIpc) is 3.64. The van der Waals surface area contributed by atoms with Crippen LogP contribution in [0.3, 0.4) is 0 Å². The molecule has 0 radical (unpaired) electrons. The zero-order valence-electron chi connectivity index (χ0n) is 26.5. The van der Waals surface area contributed by atoms with Gasteiger partial charge in [0.25, 0.3) is 0 Å². The highest BCUT2D eigenvalue weighted by Gasteiger charge is 2.54. The maximum absolute atomic E-state index is 10.0. The smallest absolute Gasteiger partial charge is 0.120 e. The minimum absolute atomic E-state index is 0.335. The number of aliphatic hydroxyl groups is 1. The second kappa shape index (κ2) is 12.0. The van der Waals surface area contributed by atoms with Gasteiger partial charge in [0.05, 0.1) is 12.2 Å². The highest BCUT2D eigenvalue weighted by Crippen LogP contribution is 2.65. The topological polar surface area (TPSA) is 92.7 Å². The Hall–Kier alpha value is -3.84. The Morgan fingerprint density at radius 1 is 1.07 bits per heavy atom. The number of ether oxygens (including phenoxy) is 2. The van der Waals surface area contributed by atoms with Crippen LogP contribution in [-0.2, 0) is 13.0 Å². The molecule has 0 amide bonds. The van der Waals surface area contributed by atoms with E-state index in [-0.39, 0.29) is 0 Å². The van der Waals surface area contributed by atoms with E-state index in [1.165, 1.54) is 57.3 Å². The summed E-state index contributed by atoms with van der Waals surface area (Å²) in [6.45, 7) is 15.3. The number of hydrogen-bond acceptors (Lipinski definition) is 5. The number of hydrogen-bond donors (Lipinski definition) is 2. The summed E-state index contributed by atoms with van der Waals surface area (Å²) >= 11 is 0. The lowest BCUT2D eigenvalue weighted by Gasteiger charge is -2.23. The first kappa shape index (κ1) is 30.6. The molecular formula is C36H46N4O3. The summed E-state index contributed by atoms with van der Waals surface area (Å²) in [5, 5.41) is 19.0. The Bertz CT molecular complexity index is 1510. The lowest BCUT2D eigenvalue weighted by atomic mass is 9.86. The zero-order chi connectivity index (χ0) is 30.9. The molecule has 7 nitrogen and oxygen atoms in total. The molecule has 0 heterocycles. The lowest BCUT2D eigenvalue weighted by Crippen LogP contribution is -2.21. The van der Waals surface area contributed by atoms with E-state index in [4.69, 9.17) is 15.3 Å². The molecule has 3 aromatic carbocycles. The SMILES string of the molecule is C=C(CC1c2ccc(OCc3cccc(-c4c(C)cc(OCCC(C)(C)O)cc4C)c3C)cc2CC12CC2)N(C)/N=N\N. The molecule has 1 atom stereocenters. The molecule has 2 aliphatic carbocycles. The molecule has 3 aromatic rings. The molecule has 43 heavy (non-hydrogen) atoms. The molecule has 1 spiro atoms. The van der Waals surface area contributed by atoms with E-state index in [2.05, 4.69) is 86.3 Å². The first-order chi connectivity index (χ1) is 20.4. The van der Waals surface area contributed by atoms with Gasteiger partial charge in [-0.1, -0.05) is 36.1 Å². The first-order valence-electron chi connectivity index (χ1n) is 15.2. The summed E-state index contributed by atoms with van der Waals surface area (Å²) in [6.07, 6.45) is 5.01. The van der Waals surface area contributed by atoms with Crippen LogP contribution in [0.1, 0.15) is 78.8 Å². The third kappa shape index (κ3) is 6.72. The van der Waals surface area contributed by atoms with Crippen molar-refractivity contribution in [3.63, 3.8) is 0 Å². The van der Waals surface area contributed by atoms with Crippen molar-refractivity contribution < 1.29 is 14.6 Å². The van der Waals surface area contributed by atoms with Crippen LogP contribution in [0.15, 0.2) is 71.3 Å². The average molecular weight is 583 g/mol. The fraction of sp³-hybridized carbons (Fsp3) is 0.444. The summed E-state index contributed by atoms with van der Waals surface area (Å²) in [5.74, 6) is 7.43. The van der Waals surface area contributed by atoms with Gasteiger partial charge in [0.15, 0.2) is 0 Å². The monoisotopic (exact) mass is 582 g/mol. The van der Waals surface area contributed by atoms with Gasteiger partial charge in [-0.2, -0.15) is 0 Å². The number of benzene rings is 3. The first-order valence-corrected chi connectivity index (χ1v) is 15.2. The van der Waals surface area contributed by atoms with Gasteiger partial charge in [-0.3, -0.25) is 5.01 Å². The molecule has 2 aliphatic rings. The molecule has 5 rings (SSSR count). The summed E-state index contributed by atoms with van der Waals surface area (Å²) in [5.41, 5.74) is 10.5. The van der Waals surface area contributed by atoms with Crippen molar-refractivity contribution in [1.29, 1.82) is 0 Å². The van der Waals surface area contributed by atoms with Crippen LogP contribution in [0.5, 0.6) is 11.5 Å². The van der Waals surface area contributed by atoms with Crippen molar-refractivity contribution in [1.82, 2.24) is 5.01 Å². The Labute approximate surface area is 256 Å². The van der Waals surface area contributed by atoms with Crippen LogP contribution in [-0.4, -0.2) is 29.4 Å². The number of nitrogens with zero attached hydrogens (tertiary/aromatic N) is 3. The van der Waals surface area contributed by atoms with Gasteiger partial charge in [0.2, 0.25) is 0 Å². The highest BCUT2D eigenvalue weighted by molar-refractivity contribution is 5.75. The third-order valence-corrected chi connectivity index (χ3v) is 9.35. The van der Waals surface area contributed by atoms with Crippen LogP contribution in [0, 0.1) is 26.2 Å². The second-order valence-electron chi connectivity index (χ2n) is 13.2. The molecule has 3 N–H and O–H groups in total. The van der Waals surface area contributed by atoms with E-state index >= 15 is 0 Å². The van der Waals surface area contributed by atoms with E-state index < -0.39 is 5.60 Å². The largest absolute Gasteiger partial charge is 0.493 e. The molecule has 1 saturated carbocycles. The zero-order valence-corrected chi connectivity index (χ0v) is 26.5. The Kier molecular flexibility index (Phi) is 8.57. The van der Waals surface area contributed by atoms with Gasteiger partial charge in [-0.25, -0.2) is 0 Å². The quantitative estimate of drug-likeness (QED) is 0.129. The fourth-order valence-corrected chi connectivity index (χ4v) is 6.64. The van der Waals surface area contributed by atoms with E-state index in [9.17, 15) is 5.11 Å². The number of fused-ring (bicyclic) bond motifs is 1. The molecule has 1 unspecified atom stereocenters. The second-order valence-corrected chi connectivity index (χ2v) is 13.2. The van der Waals surface area contributed by atoms with Crippen molar-refractivity contribution in [3.05, 3.63) is 94.2 Å². The number of allylic oxidation sites excluding steroid dienone is 1. The number of rotatable bonds is 12. The van der Waals surface area contributed by atoms with E-state index in [0.29, 0.717) is 31.0 Å². The summed E-state index contributed by atoms with van der Waals surface area (Å²) in [4.78, 5) is 0. The van der Waals surface area contributed by atoms with Gasteiger partial charge in [-0.05, 0) is 146 Å². The third-order valence-electron chi connectivity index (χ3n) is 9.35. The fourth-order valence-electron chi connectivity index (χ4n) is 6.64. The van der Waals surface area contributed by atoms with Gasteiger partial charge < -0.3 is 20.4 Å². The van der Waals surface area contributed by atoms with Crippen LogP contribution in [0.2, 0.25) is 0 Å². The summed E-state index contributed by atoms with van der Waals surface area (Å²) in [7, 11) is 1.84. The van der Waals surface area contributed by atoms with E-state index in [1.54, 1.807) is 18.9 Å². The van der Waals surface area contributed by atoms with Crippen molar-refractivity contribution in [3.8, 4) is 22.6 Å². The van der Waals surface area contributed by atoms with Crippen LogP contribution in [0.25, 0.3) is 11.1 Å². The van der Waals surface area contributed by atoms with Gasteiger partial charge in [0.1, 0.15) is 18.1 Å². The van der Waals surface area contributed by atoms with Crippen molar-refractivity contribution in [2.24, 2.45) is 21.7 Å². The van der Waals surface area contributed by atoms with Crippen molar-refractivity contribution in [2.45, 2.75) is 84.8 Å². The summed E-state index contributed by atoms with van der Waals surface area (Å²) in [6, 6.07) is 17.3. The maximum Gasteiger partial charge on any atom is 0.120 e. The molecule has 1 fully saturated rings. The molecule has 0 bridgehead atoms. The van der Waals surface area contributed by atoms with Crippen molar-refractivity contribution in [2.75, 3.05) is 13.7 Å². The minimum atomic E-state index is -0.740. The normalized spacial score (nSPS) is 16.9. The van der Waals surface area contributed by atoms with Crippen LogP contribution >= 0.6 is 0 Å². The molecule has 0 saturated heterocycles. The molecule has 0 aliphatic heterocycles. The van der Waals surface area contributed by atoms with Gasteiger partial charge >= 0.3 is 0 Å². The predicted octanol–water partition coefficient (Wildman–Crippen LogP) is 7.89.